The minimum absolute atomic E-state index is 0.147. The molecule has 0 atom stereocenters. The quantitative estimate of drug-likeness (QED) is 0.154. The van der Waals surface area contributed by atoms with Gasteiger partial charge in [0.25, 0.3) is 13.4 Å². The molecule has 11 aromatic rings. The number of furan rings is 1. The van der Waals surface area contributed by atoms with Crippen molar-refractivity contribution in [1.82, 2.24) is 0 Å². The highest BCUT2D eigenvalue weighted by Crippen LogP contribution is 2.57. The topological polar surface area (TPSA) is 50.5 Å². The second kappa shape index (κ2) is 13.7. The van der Waals surface area contributed by atoms with E-state index in [2.05, 4.69) is 215 Å². The lowest BCUT2D eigenvalue weighted by Crippen LogP contribution is -2.67. The Bertz CT molecular complexity index is 3900. The van der Waals surface area contributed by atoms with Crippen molar-refractivity contribution in [1.29, 1.82) is 0 Å². The standard InChI is InChI=1S/C60H35B2N3O4/c1-5-16-36(17-6-1)63(37-18-7-2-8-19-37)40-28-30-43-49(32-40)67-52-35-53-56-59-55(52)61(43)45-25-15-27-48-57(45)65(59)58-46(34-51-54(60(58)69-48)42-24-13-14-26-47(42)66-51)62(56)44-31-29-41(33-50(44)68-53)64(38-20-9-3-10-21-38)39-22-11-4-12-23-39/h1-35H. The van der Waals surface area contributed by atoms with E-state index in [-0.39, 0.29) is 13.4 Å². The molecule has 5 aliphatic heterocycles. The van der Waals surface area contributed by atoms with Crippen LogP contribution in [0.25, 0.3) is 21.9 Å². The zero-order valence-corrected chi connectivity index (χ0v) is 36.8. The summed E-state index contributed by atoms with van der Waals surface area (Å²) in [6, 6.07) is 74.6. The van der Waals surface area contributed by atoms with Gasteiger partial charge in [-0.25, -0.2) is 0 Å². The summed E-state index contributed by atoms with van der Waals surface area (Å²) in [4.78, 5) is 7.03. The largest absolute Gasteiger partial charge is 0.458 e. The normalized spacial score (nSPS) is 13.5. The maximum absolute atomic E-state index is 7.31. The zero-order chi connectivity index (χ0) is 44.9. The molecular weight excluding hydrogens is 848 g/mol. The molecule has 9 heteroatoms. The fraction of sp³-hybridized carbons (Fsp3) is 0. The summed E-state index contributed by atoms with van der Waals surface area (Å²) >= 11 is 0. The van der Waals surface area contributed by atoms with Crippen LogP contribution in [-0.4, -0.2) is 13.4 Å². The first-order valence-corrected chi connectivity index (χ1v) is 23.5. The summed E-state index contributed by atoms with van der Waals surface area (Å²) in [5, 5.41) is 1.99. The van der Waals surface area contributed by atoms with Gasteiger partial charge in [-0.2, -0.15) is 0 Å². The molecule has 10 aromatic carbocycles. The van der Waals surface area contributed by atoms with E-state index in [0.29, 0.717) is 0 Å². The van der Waals surface area contributed by atoms with Gasteiger partial charge in [0.05, 0.1) is 16.8 Å². The van der Waals surface area contributed by atoms with Crippen molar-refractivity contribution >= 4 is 119 Å². The molecule has 0 aliphatic carbocycles. The number of hydrogen-bond acceptors (Lipinski definition) is 7. The van der Waals surface area contributed by atoms with Gasteiger partial charge in [0.1, 0.15) is 34.2 Å². The molecule has 0 saturated carbocycles. The lowest BCUT2D eigenvalue weighted by atomic mass is 9.29. The van der Waals surface area contributed by atoms with Crippen molar-refractivity contribution in [2.75, 3.05) is 14.7 Å². The number of ether oxygens (including phenoxy) is 3. The number of hydrogen-bond donors (Lipinski definition) is 0. The van der Waals surface area contributed by atoms with Crippen molar-refractivity contribution in [2.24, 2.45) is 0 Å². The van der Waals surface area contributed by atoms with Gasteiger partial charge in [0.15, 0.2) is 11.5 Å². The van der Waals surface area contributed by atoms with Gasteiger partial charge in [0, 0.05) is 63.4 Å². The highest BCUT2D eigenvalue weighted by Gasteiger charge is 2.54. The van der Waals surface area contributed by atoms with Crippen molar-refractivity contribution in [3.63, 3.8) is 0 Å². The molecule has 16 rings (SSSR count). The number of benzene rings is 10. The van der Waals surface area contributed by atoms with E-state index in [1.165, 1.54) is 0 Å². The molecule has 7 nitrogen and oxygen atoms in total. The van der Waals surface area contributed by atoms with Gasteiger partial charge in [0.2, 0.25) is 0 Å². The number of para-hydroxylation sites is 6. The van der Waals surface area contributed by atoms with Crippen LogP contribution in [0.1, 0.15) is 0 Å². The molecule has 0 saturated heterocycles. The van der Waals surface area contributed by atoms with Crippen LogP contribution in [0.3, 0.4) is 0 Å². The van der Waals surface area contributed by atoms with Gasteiger partial charge >= 0.3 is 0 Å². The van der Waals surface area contributed by atoms with Crippen LogP contribution < -0.4 is 61.7 Å². The lowest BCUT2D eigenvalue weighted by molar-refractivity contribution is 0.464. The third-order valence-corrected chi connectivity index (χ3v) is 14.7. The zero-order valence-electron chi connectivity index (χ0n) is 36.8. The van der Waals surface area contributed by atoms with E-state index in [1.807, 2.05) is 12.1 Å². The molecule has 320 valence electrons. The number of fused-ring (bicyclic) bond motifs is 10. The number of nitrogens with zero attached hydrogens (tertiary/aromatic N) is 3. The molecule has 0 N–H and O–H groups in total. The smallest absolute Gasteiger partial charge is 0.256 e. The van der Waals surface area contributed by atoms with Crippen LogP contribution in [0.4, 0.5) is 51.2 Å². The van der Waals surface area contributed by atoms with Crippen molar-refractivity contribution in [3.05, 3.63) is 212 Å². The Morgan fingerprint density at radius 3 is 1.42 bits per heavy atom. The van der Waals surface area contributed by atoms with Gasteiger partial charge < -0.3 is 33.3 Å². The van der Waals surface area contributed by atoms with E-state index in [4.69, 9.17) is 18.6 Å². The molecule has 0 fully saturated rings. The summed E-state index contributed by atoms with van der Waals surface area (Å²) in [6.07, 6.45) is 0. The van der Waals surface area contributed by atoms with Crippen LogP contribution in [-0.2, 0) is 0 Å². The second-order valence-electron chi connectivity index (χ2n) is 18.3. The van der Waals surface area contributed by atoms with Crippen molar-refractivity contribution < 1.29 is 18.6 Å². The summed E-state index contributed by atoms with van der Waals surface area (Å²) in [5.41, 5.74) is 17.7. The fourth-order valence-corrected chi connectivity index (χ4v) is 11.9. The second-order valence-corrected chi connectivity index (χ2v) is 18.3. The van der Waals surface area contributed by atoms with Gasteiger partial charge in [-0.05, 0) is 112 Å². The minimum Gasteiger partial charge on any atom is -0.458 e. The molecule has 69 heavy (non-hydrogen) atoms. The molecule has 0 radical (unpaired) electrons. The van der Waals surface area contributed by atoms with Crippen LogP contribution >= 0.6 is 0 Å². The Morgan fingerprint density at radius 1 is 0.333 bits per heavy atom. The molecule has 5 aliphatic rings. The minimum atomic E-state index is -0.215. The SMILES string of the molecule is c1ccc(N(c2ccccc2)c2ccc3c(c2)Oc2cc4c5c6c2B3c2cccc3c2N6c2c(cc6oc7ccccc7c6c2O3)B5c2ccc(N(c3ccccc3)c3ccccc3)cc2O4)cc1. The summed E-state index contributed by atoms with van der Waals surface area (Å²) in [5.74, 6) is 4.73. The Labute approximate surface area is 397 Å². The Morgan fingerprint density at radius 2 is 0.855 bits per heavy atom. The van der Waals surface area contributed by atoms with E-state index >= 15 is 0 Å². The predicted molar refractivity (Wildman–Crippen MR) is 280 cm³/mol. The molecule has 0 amide bonds. The molecule has 0 bridgehead atoms. The first-order valence-electron chi connectivity index (χ1n) is 23.5. The first kappa shape index (κ1) is 37.1. The van der Waals surface area contributed by atoms with Gasteiger partial charge in [-0.3, -0.25) is 0 Å². The van der Waals surface area contributed by atoms with Crippen LogP contribution in [0.15, 0.2) is 217 Å². The molecule has 6 heterocycles. The maximum atomic E-state index is 7.31. The van der Waals surface area contributed by atoms with E-state index in [1.54, 1.807) is 0 Å². The maximum Gasteiger partial charge on any atom is 0.256 e. The van der Waals surface area contributed by atoms with Crippen LogP contribution in [0.5, 0.6) is 34.5 Å². The van der Waals surface area contributed by atoms with E-state index in [9.17, 15) is 0 Å². The molecular formula is C60H35B2N3O4. The number of rotatable bonds is 6. The molecule has 1 aromatic heterocycles. The van der Waals surface area contributed by atoms with E-state index < -0.39 is 0 Å². The van der Waals surface area contributed by atoms with Gasteiger partial charge in [-0.15, -0.1) is 0 Å². The van der Waals surface area contributed by atoms with E-state index in [0.717, 1.165) is 140 Å². The predicted octanol–water partition coefficient (Wildman–Crippen LogP) is 12.0. The average Bonchev–Trinajstić information content (AvgIpc) is 3.78. The highest BCUT2D eigenvalue weighted by molar-refractivity contribution is 7.04. The summed E-state index contributed by atoms with van der Waals surface area (Å²) in [7, 11) is 0. The van der Waals surface area contributed by atoms with Crippen molar-refractivity contribution in [2.45, 2.75) is 0 Å². The Hall–Kier alpha value is -9.07. The summed E-state index contributed by atoms with van der Waals surface area (Å²) in [6.45, 7) is -0.362. The third-order valence-electron chi connectivity index (χ3n) is 14.7. The van der Waals surface area contributed by atoms with Crippen LogP contribution in [0, 0.1) is 0 Å². The lowest BCUT2D eigenvalue weighted by Gasteiger charge is -2.49. The third kappa shape index (κ3) is 5.08. The summed E-state index contributed by atoms with van der Waals surface area (Å²) < 4.78 is 28.7. The fourth-order valence-electron chi connectivity index (χ4n) is 11.9. The Kier molecular flexibility index (Phi) is 7.39. The Balaban J connectivity index is 0.952. The molecule has 0 spiro atoms. The molecule has 0 unspecified atom stereocenters. The monoisotopic (exact) mass is 883 g/mol. The first-order chi connectivity index (χ1) is 34.2. The van der Waals surface area contributed by atoms with Crippen molar-refractivity contribution in [3.8, 4) is 34.5 Å². The van der Waals surface area contributed by atoms with Gasteiger partial charge in [-0.1, -0.05) is 115 Å². The average molecular weight is 884 g/mol. The highest BCUT2D eigenvalue weighted by atomic mass is 16.5. The van der Waals surface area contributed by atoms with Crippen LogP contribution in [0.2, 0.25) is 0 Å². The number of anilines is 9.